The molecule has 0 rings (SSSR count). The molecule has 0 unspecified atom stereocenters. The quantitative estimate of drug-likeness (QED) is 0.571. The molecule has 1 atom stereocenters. The van der Waals surface area contributed by atoms with Crippen LogP contribution in [0.25, 0.3) is 0 Å². The third-order valence-electron chi connectivity index (χ3n) is 2.26. The number of rotatable bonds is 8. The third kappa shape index (κ3) is 9.84. The predicted molar refractivity (Wildman–Crippen MR) is 57.9 cm³/mol. The van der Waals surface area contributed by atoms with Gasteiger partial charge in [0.2, 0.25) is 0 Å². The van der Waals surface area contributed by atoms with Gasteiger partial charge in [0.15, 0.2) is 0 Å². The lowest BCUT2D eigenvalue weighted by molar-refractivity contribution is 0.280. The summed E-state index contributed by atoms with van der Waals surface area (Å²) in [5.74, 6) is 0.789. The molecule has 0 radical (unpaired) electrons. The van der Waals surface area contributed by atoms with Crippen molar-refractivity contribution in [3.63, 3.8) is 0 Å². The number of unbranched alkanes of at least 4 members (excludes halogenated alkanes) is 1. The molecule has 13 heavy (non-hydrogen) atoms. The Hall–Kier alpha value is -0.0800. The molecular weight excluding hydrogens is 162 g/mol. The Morgan fingerprint density at radius 1 is 1.08 bits per heavy atom. The summed E-state index contributed by atoms with van der Waals surface area (Å²) in [5, 5.41) is 12.1. The van der Waals surface area contributed by atoms with Gasteiger partial charge in [-0.05, 0) is 45.1 Å². The summed E-state index contributed by atoms with van der Waals surface area (Å²) in [6.45, 7) is 8.17. The van der Waals surface area contributed by atoms with Crippen LogP contribution >= 0.6 is 0 Å². The van der Waals surface area contributed by atoms with Crippen LogP contribution in [-0.2, 0) is 0 Å². The van der Waals surface area contributed by atoms with Gasteiger partial charge >= 0.3 is 0 Å². The van der Waals surface area contributed by atoms with Gasteiger partial charge in [0, 0.05) is 12.6 Å². The smallest absolute Gasteiger partial charge is 0.0431 e. The van der Waals surface area contributed by atoms with E-state index in [1.165, 1.54) is 12.8 Å². The van der Waals surface area contributed by atoms with E-state index < -0.39 is 0 Å². The number of hydrogen-bond donors (Lipinski definition) is 2. The highest BCUT2D eigenvalue weighted by molar-refractivity contribution is 4.61. The van der Waals surface area contributed by atoms with Gasteiger partial charge < -0.3 is 10.4 Å². The van der Waals surface area contributed by atoms with Crippen LogP contribution in [0, 0.1) is 5.92 Å². The minimum atomic E-state index is 0.332. The molecule has 0 heterocycles. The second kappa shape index (κ2) is 8.52. The number of nitrogens with one attached hydrogen (secondary N) is 1. The molecule has 0 aromatic carbocycles. The van der Waals surface area contributed by atoms with E-state index in [2.05, 4.69) is 26.1 Å². The highest BCUT2D eigenvalue weighted by Gasteiger charge is 2.00. The second-order valence-electron chi connectivity index (χ2n) is 4.26. The van der Waals surface area contributed by atoms with Crippen molar-refractivity contribution in [2.45, 2.75) is 52.5 Å². The zero-order chi connectivity index (χ0) is 10.1. The fourth-order valence-corrected chi connectivity index (χ4v) is 1.28. The first-order chi connectivity index (χ1) is 6.16. The Morgan fingerprint density at radius 2 is 1.77 bits per heavy atom. The van der Waals surface area contributed by atoms with Crippen LogP contribution in [0.3, 0.4) is 0 Å². The molecule has 0 fully saturated rings. The van der Waals surface area contributed by atoms with Gasteiger partial charge in [0.1, 0.15) is 0 Å². The first kappa shape index (κ1) is 12.9. The molecular formula is C11H25NO. The highest BCUT2D eigenvalue weighted by Crippen LogP contribution is 2.01. The molecule has 2 N–H and O–H groups in total. The Balaban J connectivity index is 3.15. The van der Waals surface area contributed by atoms with Crippen LogP contribution in [0.4, 0.5) is 0 Å². The minimum Gasteiger partial charge on any atom is -0.396 e. The maximum Gasteiger partial charge on any atom is 0.0431 e. The monoisotopic (exact) mass is 187 g/mol. The standard InChI is InChI=1S/C11H25NO/c1-10(2)7-8-12-11(3)6-4-5-9-13/h10-13H,4-9H2,1-3H3/t11-/m1/s1. The van der Waals surface area contributed by atoms with E-state index in [1.54, 1.807) is 0 Å². The molecule has 0 spiro atoms. The number of aliphatic hydroxyl groups excluding tert-OH is 1. The first-order valence-electron chi connectivity index (χ1n) is 5.51. The number of aliphatic hydroxyl groups is 1. The average molecular weight is 187 g/mol. The normalized spacial score (nSPS) is 13.6. The molecule has 2 nitrogen and oxygen atoms in total. The third-order valence-corrected chi connectivity index (χ3v) is 2.26. The van der Waals surface area contributed by atoms with Crippen LogP contribution in [0.5, 0.6) is 0 Å². The van der Waals surface area contributed by atoms with E-state index in [0.717, 1.165) is 25.3 Å². The Morgan fingerprint density at radius 3 is 2.31 bits per heavy atom. The van der Waals surface area contributed by atoms with Crippen LogP contribution in [0.2, 0.25) is 0 Å². The van der Waals surface area contributed by atoms with E-state index in [1.807, 2.05) is 0 Å². The molecule has 0 aliphatic carbocycles. The summed E-state index contributed by atoms with van der Waals surface area (Å²) in [6, 6.07) is 0.602. The summed E-state index contributed by atoms with van der Waals surface area (Å²) >= 11 is 0. The van der Waals surface area contributed by atoms with Crippen molar-refractivity contribution < 1.29 is 5.11 Å². The fraction of sp³-hybridized carbons (Fsp3) is 1.00. The van der Waals surface area contributed by atoms with Crippen LogP contribution in [-0.4, -0.2) is 24.3 Å². The van der Waals surface area contributed by atoms with E-state index in [-0.39, 0.29) is 0 Å². The lowest BCUT2D eigenvalue weighted by atomic mass is 10.1. The summed E-state index contributed by atoms with van der Waals surface area (Å²) in [7, 11) is 0. The van der Waals surface area contributed by atoms with E-state index >= 15 is 0 Å². The molecule has 0 aromatic rings. The summed E-state index contributed by atoms with van der Waals surface area (Å²) < 4.78 is 0. The van der Waals surface area contributed by atoms with Crippen LogP contribution in [0.1, 0.15) is 46.5 Å². The Bertz CT molecular complexity index is 104. The molecule has 0 bridgehead atoms. The van der Waals surface area contributed by atoms with E-state index in [0.29, 0.717) is 12.6 Å². The largest absolute Gasteiger partial charge is 0.396 e. The van der Waals surface area contributed by atoms with Gasteiger partial charge in [-0.25, -0.2) is 0 Å². The van der Waals surface area contributed by atoms with Gasteiger partial charge in [0.05, 0.1) is 0 Å². The topological polar surface area (TPSA) is 32.3 Å². The summed E-state index contributed by atoms with van der Waals surface area (Å²) in [6.07, 6.45) is 4.51. The van der Waals surface area contributed by atoms with Crippen molar-refractivity contribution in [1.29, 1.82) is 0 Å². The fourth-order valence-electron chi connectivity index (χ4n) is 1.28. The average Bonchev–Trinajstić information content (AvgIpc) is 2.04. The molecule has 0 saturated carbocycles. The van der Waals surface area contributed by atoms with Crippen molar-refractivity contribution in [3.05, 3.63) is 0 Å². The van der Waals surface area contributed by atoms with Crippen molar-refractivity contribution in [2.24, 2.45) is 5.92 Å². The molecule has 0 aromatic heterocycles. The highest BCUT2D eigenvalue weighted by atomic mass is 16.2. The Labute approximate surface area is 82.7 Å². The van der Waals surface area contributed by atoms with Crippen LogP contribution in [0.15, 0.2) is 0 Å². The zero-order valence-electron chi connectivity index (χ0n) is 9.34. The van der Waals surface area contributed by atoms with Crippen LogP contribution < -0.4 is 5.32 Å². The van der Waals surface area contributed by atoms with E-state index in [4.69, 9.17) is 5.11 Å². The van der Waals surface area contributed by atoms with Gasteiger partial charge in [-0.1, -0.05) is 13.8 Å². The maximum atomic E-state index is 8.61. The lowest BCUT2D eigenvalue weighted by Gasteiger charge is -2.14. The van der Waals surface area contributed by atoms with Gasteiger partial charge in [-0.3, -0.25) is 0 Å². The molecule has 0 aliphatic heterocycles. The molecule has 0 amide bonds. The molecule has 80 valence electrons. The molecule has 0 aliphatic rings. The van der Waals surface area contributed by atoms with Crippen molar-refractivity contribution in [3.8, 4) is 0 Å². The Kier molecular flexibility index (Phi) is 8.46. The van der Waals surface area contributed by atoms with Crippen molar-refractivity contribution in [1.82, 2.24) is 5.32 Å². The number of hydrogen-bond acceptors (Lipinski definition) is 2. The SMILES string of the molecule is CC(C)CCN[C@H](C)CCCCO. The van der Waals surface area contributed by atoms with Crippen molar-refractivity contribution in [2.75, 3.05) is 13.2 Å². The maximum absolute atomic E-state index is 8.61. The van der Waals surface area contributed by atoms with Gasteiger partial charge in [-0.15, -0.1) is 0 Å². The van der Waals surface area contributed by atoms with Gasteiger partial charge in [0.25, 0.3) is 0 Å². The first-order valence-corrected chi connectivity index (χ1v) is 5.51. The molecule has 2 heteroatoms. The summed E-state index contributed by atoms with van der Waals surface area (Å²) in [4.78, 5) is 0. The predicted octanol–water partition coefficient (Wildman–Crippen LogP) is 2.17. The van der Waals surface area contributed by atoms with Gasteiger partial charge in [-0.2, -0.15) is 0 Å². The second-order valence-corrected chi connectivity index (χ2v) is 4.26. The lowest BCUT2D eigenvalue weighted by Crippen LogP contribution is -2.27. The summed E-state index contributed by atoms with van der Waals surface area (Å²) in [5.41, 5.74) is 0. The zero-order valence-corrected chi connectivity index (χ0v) is 9.34. The van der Waals surface area contributed by atoms with E-state index in [9.17, 15) is 0 Å². The molecule has 0 saturated heterocycles. The minimum absolute atomic E-state index is 0.332. The van der Waals surface area contributed by atoms with Crippen molar-refractivity contribution >= 4 is 0 Å².